The molecule has 2 aliphatic rings. The lowest BCUT2D eigenvalue weighted by molar-refractivity contribution is -0.0209. The van der Waals surface area contributed by atoms with E-state index >= 15 is 0 Å². The third-order valence-electron chi connectivity index (χ3n) is 5.58. The summed E-state index contributed by atoms with van der Waals surface area (Å²) in [7, 11) is 1.66. The minimum absolute atomic E-state index is 0.00904. The fourth-order valence-corrected chi connectivity index (χ4v) is 4.08. The fraction of sp³-hybridized carbons (Fsp3) is 0.208. The Kier molecular flexibility index (Phi) is 4.16. The van der Waals surface area contributed by atoms with Gasteiger partial charge in [0.05, 0.1) is 18.9 Å². The van der Waals surface area contributed by atoms with Crippen molar-refractivity contribution in [3.8, 4) is 17.2 Å². The number of hydrogen-bond acceptors (Lipinski definition) is 5. The van der Waals surface area contributed by atoms with Crippen LogP contribution < -0.4 is 9.47 Å². The predicted octanol–water partition coefficient (Wildman–Crippen LogP) is 4.95. The van der Waals surface area contributed by atoms with E-state index in [2.05, 4.69) is 37.3 Å². The van der Waals surface area contributed by atoms with Crippen LogP contribution in [0.15, 0.2) is 71.8 Å². The third kappa shape index (κ3) is 2.90. The van der Waals surface area contributed by atoms with Crippen molar-refractivity contribution in [3.63, 3.8) is 0 Å². The second-order valence-corrected chi connectivity index (χ2v) is 7.42. The van der Waals surface area contributed by atoms with Crippen molar-refractivity contribution in [1.82, 2.24) is 5.01 Å². The molecule has 0 aliphatic carbocycles. The van der Waals surface area contributed by atoms with Crippen molar-refractivity contribution in [2.75, 3.05) is 7.11 Å². The summed E-state index contributed by atoms with van der Waals surface area (Å²) in [5.41, 5.74) is 4.87. The second-order valence-electron chi connectivity index (χ2n) is 7.42. The highest BCUT2D eigenvalue weighted by molar-refractivity contribution is 6.04. The van der Waals surface area contributed by atoms with E-state index in [1.807, 2.05) is 35.3 Å². The van der Waals surface area contributed by atoms with Crippen LogP contribution in [0.5, 0.6) is 17.2 Å². The van der Waals surface area contributed by atoms with E-state index in [4.69, 9.17) is 14.6 Å². The summed E-state index contributed by atoms with van der Waals surface area (Å²) in [5, 5.41) is 17.3. The van der Waals surface area contributed by atoms with Crippen molar-refractivity contribution in [3.05, 3.63) is 89.0 Å². The van der Waals surface area contributed by atoms with Crippen molar-refractivity contribution in [1.29, 1.82) is 0 Å². The molecular weight excluding hydrogens is 364 g/mol. The van der Waals surface area contributed by atoms with E-state index in [9.17, 15) is 5.11 Å². The van der Waals surface area contributed by atoms with Gasteiger partial charge in [-0.25, -0.2) is 5.01 Å². The van der Waals surface area contributed by atoms with Crippen LogP contribution in [0.1, 0.15) is 40.9 Å². The molecule has 0 saturated heterocycles. The summed E-state index contributed by atoms with van der Waals surface area (Å²) >= 11 is 0. The molecule has 0 radical (unpaired) electrons. The Balaban J connectivity index is 1.63. The number of hydrazone groups is 1. The lowest BCUT2D eigenvalue weighted by Crippen LogP contribution is -2.33. The van der Waals surface area contributed by atoms with Crippen LogP contribution in [-0.4, -0.2) is 22.9 Å². The number of benzene rings is 3. The Bertz CT molecular complexity index is 1090. The molecule has 0 saturated carbocycles. The molecule has 3 aromatic rings. The normalized spacial score (nSPS) is 19.8. The highest BCUT2D eigenvalue weighted by Crippen LogP contribution is 2.50. The van der Waals surface area contributed by atoms with Crippen LogP contribution >= 0.6 is 0 Å². The predicted molar refractivity (Wildman–Crippen MR) is 111 cm³/mol. The minimum atomic E-state index is -0.368. The average Bonchev–Trinajstić information content (AvgIpc) is 3.19. The van der Waals surface area contributed by atoms with Crippen LogP contribution in [0.2, 0.25) is 0 Å². The van der Waals surface area contributed by atoms with Gasteiger partial charge in [0.15, 0.2) is 11.5 Å². The maximum atomic E-state index is 10.3. The van der Waals surface area contributed by atoms with Gasteiger partial charge >= 0.3 is 0 Å². The number of aryl methyl sites for hydroxylation is 1. The lowest BCUT2D eigenvalue weighted by Gasteiger charge is -2.38. The van der Waals surface area contributed by atoms with Gasteiger partial charge in [-0.05, 0) is 25.1 Å². The number of rotatable bonds is 3. The number of nitrogens with zero attached hydrogens (tertiary/aromatic N) is 2. The van der Waals surface area contributed by atoms with Gasteiger partial charge in [-0.2, -0.15) is 5.10 Å². The van der Waals surface area contributed by atoms with E-state index < -0.39 is 0 Å². The molecular formula is C24H22N2O3. The molecule has 2 heterocycles. The first-order valence-corrected chi connectivity index (χ1v) is 9.70. The molecule has 29 heavy (non-hydrogen) atoms. The highest BCUT2D eigenvalue weighted by Gasteiger charge is 2.42. The van der Waals surface area contributed by atoms with E-state index in [1.165, 1.54) is 5.56 Å². The molecule has 5 rings (SSSR count). The molecule has 0 unspecified atom stereocenters. The zero-order valence-electron chi connectivity index (χ0n) is 16.4. The Labute approximate surface area is 169 Å². The SMILES string of the molecule is COc1cccc2c1O[C@@H](c1ccc(C)cc1)N1N=C(c3ccccc3O)C[C@@H]21. The molecule has 5 heteroatoms. The number of ether oxygens (including phenoxy) is 2. The Hall–Kier alpha value is -3.47. The molecule has 0 amide bonds. The summed E-state index contributed by atoms with van der Waals surface area (Å²) < 4.78 is 12.0. The summed E-state index contributed by atoms with van der Waals surface area (Å²) in [4.78, 5) is 0. The largest absolute Gasteiger partial charge is 0.507 e. The molecule has 5 nitrogen and oxygen atoms in total. The number of methoxy groups -OCH3 is 1. The first-order valence-electron chi connectivity index (χ1n) is 9.70. The molecule has 146 valence electrons. The van der Waals surface area contributed by atoms with Crippen molar-refractivity contribution in [2.45, 2.75) is 25.6 Å². The smallest absolute Gasteiger partial charge is 0.214 e. The van der Waals surface area contributed by atoms with Gasteiger partial charge in [0.1, 0.15) is 5.75 Å². The number of aromatic hydroxyl groups is 1. The monoisotopic (exact) mass is 386 g/mol. The molecule has 0 fully saturated rings. The molecule has 2 aliphatic heterocycles. The first-order chi connectivity index (χ1) is 14.2. The molecule has 0 aromatic heterocycles. The molecule has 2 atom stereocenters. The van der Waals surface area contributed by atoms with Gasteiger partial charge < -0.3 is 14.6 Å². The Morgan fingerprint density at radius 3 is 2.59 bits per heavy atom. The van der Waals surface area contributed by atoms with Gasteiger partial charge in [0.2, 0.25) is 6.23 Å². The minimum Gasteiger partial charge on any atom is -0.507 e. The fourth-order valence-electron chi connectivity index (χ4n) is 4.08. The molecule has 0 bridgehead atoms. The first kappa shape index (κ1) is 17.6. The van der Waals surface area contributed by atoms with E-state index in [0.717, 1.165) is 33.9 Å². The summed E-state index contributed by atoms with van der Waals surface area (Å²) in [6.07, 6.45) is 0.316. The quantitative estimate of drug-likeness (QED) is 0.692. The number of hydrogen-bond donors (Lipinski definition) is 1. The Morgan fingerprint density at radius 2 is 1.83 bits per heavy atom. The van der Waals surface area contributed by atoms with Crippen LogP contribution in [0, 0.1) is 6.92 Å². The maximum absolute atomic E-state index is 10.3. The van der Waals surface area contributed by atoms with Crippen LogP contribution in [0.25, 0.3) is 0 Å². The summed E-state index contributed by atoms with van der Waals surface area (Å²) in [6, 6.07) is 21.6. The van der Waals surface area contributed by atoms with E-state index in [1.54, 1.807) is 13.2 Å². The second kappa shape index (κ2) is 6.85. The van der Waals surface area contributed by atoms with Gasteiger partial charge in [-0.15, -0.1) is 0 Å². The van der Waals surface area contributed by atoms with E-state index in [-0.39, 0.29) is 18.0 Å². The lowest BCUT2D eigenvalue weighted by atomic mass is 9.95. The number of phenols is 1. The van der Waals surface area contributed by atoms with Crippen molar-refractivity contribution in [2.24, 2.45) is 5.10 Å². The standard InChI is InChI=1S/C24H22N2O3/c1-15-10-12-16(13-11-15)24-26-20(18-7-5-9-22(28-2)23(18)29-24)14-19(25-26)17-6-3-4-8-21(17)27/h3-13,20,24,27H,14H2,1-2H3/t20-,24-/m0/s1. The van der Waals surface area contributed by atoms with Crippen molar-refractivity contribution < 1.29 is 14.6 Å². The van der Waals surface area contributed by atoms with Gasteiger partial charge in [0.25, 0.3) is 0 Å². The maximum Gasteiger partial charge on any atom is 0.214 e. The third-order valence-corrected chi connectivity index (χ3v) is 5.58. The van der Waals surface area contributed by atoms with E-state index in [0.29, 0.717) is 6.42 Å². The zero-order valence-corrected chi connectivity index (χ0v) is 16.4. The topological polar surface area (TPSA) is 54.3 Å². The highest BCUT2D eigenvalue weighted by atomic mass is 16.5. The number of phenolic OH excluding ortho intramolecular Hbond substituents is 1. The zero-order chi connectivity index (χ0) is 20.0. The van der Waals surface area contributed by atoms with Gasteiger partial charge in [0, 0.05) is 23.1 Å². The van der Waals surface area contributed by atoms with Crippen LogP contribution in [-0.2, 0) is 0 Å². The van der Waals surface area contributed by atoms with Gasteiger partial charge in [-0.1, -0.05) is 54.1 Å². The molecule has 0 spiro atoms. The van der Waals surface area contributed by atoms with Crippen molar-refractivity contribution >= 4 is 5.71 Å². The Morgan fingerprint density at radius 1 is 1.03 bits per heavy atom. The number of fused-ring (bicyclic) bond motifs is 3. The molecule has 1 N–H and O–H groups in total. The molecule has 3 aromatic carbocycles. The average molecular weight is 386 g/mol. The summed E-state index contributed by atoms with van der Waals surface area (Å²) in [5.74, 6) is 1.72. The van der Waals surface area contributed by atoms with Gasteiger partial charge in [-0.3, -0.25) is 0 Å². The summed E-state index contributed by atoms with van der Waals surface area (Å²) in [6.45, 7) is 2.07. The van der Waals surface area contributed by atoms with Crippen LogP contribution in [0.4, 0.5) is 0 Å². The van der Waals surface area contributed by atoms with Crippen LogP contribution in [0.3, 0.4) is 0 Å². The number of para-hydroxylation sites is 2.